The fourth-order valence-electron chi connectivity index (χ4n) is 3.83. The van der Waals surface area contributed by atoms with Crippen LogP contribution in [0.15, 0.2) is 41.5 Å². The molecule has 2 amide bonds. The number of benzene rings is 1. The molecule has 1 saturated heterocycles. The second-order valence-electron chi connectivity index (χ2n) is 9.08. The van der Waals surface area contributed by atoms with Crippen molar-refractivity contribution >= 4 is 34.6 Å². The van der Waals surface area contributed by atoms with E-state index in [2.05, 4.69) is 20.6 Å². The number of carbonyl (C=O) groups excluding carboxylic acids is 2. The minimum absolute atomic E-state index is 0.110. The smallest absolute Gasteiger partial charge is 0.413 e. The van der Waals surface area contributed by atoms with E-state index in [0.717, 1.165) is 0 Å². The van der Waals surface area contributed by atoms with Crippen molar-refractivity contribution in [2.45, 2.75) is 38.5 Å². The number of carbonyl (C=O) groups is 2. The number of nitriles is 1. The minimum atomic E-state index is -1.34. The van der Waals surface area contributed by atoms with Gasteiger partial charge >= 0.3 is 6.09 Å². The molecule has 1 fully saturated rings. The number of halogens is 1. The zero-order valence-corrected chi connectivity index (χ0v) is 20.2. The molecular formula is C24H24FN5O4S. The summed E-state index contributed by atoms with van der Waals surface area (Å²) in [6.07, 6.45) is 1.31. The fraction of sp³-hybridized carbons (Fsp3) is 0.375. The Hall–Kier alpha value is -3.49. The standard InChI is InChI=1S/C24H24FN5O4S/c1-23(2,3)34-22(32)29-21-30-24(15(13-35-21)8-9-33-24)17-10-16(5-6-18(17)25)28-20(31)19-7-4-14(11-26)12-27-19/h4-7,10,12,15H,8-9,13H2,1-3H3,(H,28,31)(H,29,30,32)/t15-,24+/m0/s1. The van der Waals surface area contributed by atoms with Crippen LogP contribution in [0.4, 0.5) is 14.9 Å². The number of thioether (sulfide) groups is 1. The maximum absolute atomic E-state index is 15.1. The third-order valence-electron chi connectivity index (χ3n) is 5.37. The molecular weight excluding hydrogens is 473 g/mol. The molecule has 2 aliphatic heterocycles. The van der Waals surface area contributed by atoms with Gasteiger partial charge in [-0.05, 0) is 57.5 Å². The monoisotopic (exact) mass is 497 g/mol. The number of alkyl carbamates (subject to hydrolysis) is 1. The van der Waals surface area contributed by atoms with E-state index in [-0.39, 0.29) is 22.3 Å². The molecule has 0 spiro atoms. The van der Waals surface area contributed by atoms with Crippen LogP contribution in [0, 0.1) is 23.1 Å². The summed E-state index contributed by atoms with van der Waals surface area (Å²) < 4.78 is 26.4. The highest BCUT2D eigenvalue weighted by atomic mass is 32.2. The summed E-state index contributed by atoms with van der Waals surface area (Å²) in [5.41, 5.74) is -1.09. The van der Waals surface area contributed by atoms with Crippen LogP contribution in [0.3, 0.4) is 0 Å². The van der Waals surface area contributed by atoms with Gasteiger partial charge in [-0.2, -0.15) is 5.26 Å². The summed E-state index contributed by atoms with van der Waals surface area (Å²) in [5, 5.41) is 14.5. The van der Waals surface area contributed by atoms with Crippen LogP contribution in [0.1, 0.15) is 48.8 Å². The number of amides is 2. The summed E-state index contributed by atoms with van der Waals surface area (Å²) in [6.45, 7) is 5.63. The number of aliphatic imine (C=N–C) groups is 1. The third kappa shape index (κ3) is 5.44. The van der Waals surface area contributed by atoms with Crippen molar-refractivity contribution in [1.29, 1.82) is 5.26 Å². The molecule has 0 unspecified atom stereocenters. The lowest BCUT2D eigenvalue weighted by atomic mass is 9.89. The molecule has 182 valence electrons. The average molecular weight is 498 g/mol. The van der Waals surface area contributed by atoms with Crippen LogP contribution in [0.25, 0.3) is 0 Å². The van der Waals surface area contributed by atoms with Gasteiger partial charge in [0.05, 0.1) is 12.2 Å². The molecule has 11 heteroatoms. The lowest BCUT2D eigenvalue weighted by molar-refractivity contribution is -0.0173. The number of aromatic nitrogens is 1. The van der Waals surface area contributed by atoms with Crippen molar-refractivity contribution in [1.82, 2.24) is 10.3 Å². The number of fused-ring (bicyclic) bond motifs is 1. The van der Waals surface area contributed by atoms with E-state index in [1.54, 1.807) is 20.8 Å². The number of hydrogen-bond acceptors (Lipinski definition) is 8. The maximum atomic E-state index is 15.1. The summed E-state index contributed by atoms with van der Waals surface area (Å²) in [4.78, 5) is 33.5. The van der Waals surface area contributed by atoms with Gasteiger partial charge in [-0.15, -0.1) is 0 Å². The number of ether oxygens (including phenoxy) is 2. The Morgan fingerprint density at radius 1 is 1.29 bits per heavy atom. The first-order chi connectivity index (χ1) is 16.6. The Balaban J connectivity index is 1.61. The lowest BCUT2D eigenvalue weighted by Gasteiger charge is -2.35. The summed E-state index contributed by atoms with van der Waals surface area (Å²) in [5.74, 6) is -0.626. The molecule has 2 aliphatic rings. The molecule has 3 heterocycles. The molecule has 0 bridgehead atoms. The maximum Gasteiger partial charge on any atom is 0.413 e. The Morgan fingerprint density at radius 3 is 2.77 bits per heavy atom. The van der Waals surface area contributed by atoms with E-state index >= 15 is 4.39 Å². The number of pyridine rings is 1. The van der Waals surface area contributed by atoms with Crippen molar-refractivity contribution in [2.24, 2.45) is 10.9 Å². The molecule has 2 N–H and O–H groups in total. The van der Waals surface area contributed by atoms with E-state index in [4.69, 9.17) is 14.7 Å². The highest BCUT2D eigenvalue weighted by Gasteiger charge is 2.50. The van der Waals surface area contributed by atoms with Crippen LogP contribution >= 0.6 is 11.8 Å². The van der Waals surface area contributed by atoms with Gasteiger partial charge in [-0.1, -0.05) is 11.8 Å². The molecule has 2 atom stereocenters. The van der Waals surface area contributed by atoms with Gasteiger partial charge in [-0.25, -0.2) is 19.2 Å². The van der Waals surface area contributed by atoms with Gasteiger partial charge in [0, 0.05) is 29.1 Å². The van der Waals surface area contributed by atoms with Gasteiger partial charge in [0.2, 0.25) is 0 Å². The number of nitrogens with one attached hydrogen (secondary N) is 2. The predicted molar refractivity (Wildman–Crippen MR) is 128 cm³/mol. The lowest BCUT2D eigenvalue weighted by Crippen LogP contribution is -2.42. The van der Waals surface area contributed by atoms with Gasteiger partial charge in [0.25, 0.3) is 5.91 Å². The predicted octanol–water partition coefficient (Wildman–Crippen LogP) is 4.16. The van der Waals surface area contributed by atoms with Crippen LogP contribution < -0.4 is 10.6 Å². The molecule has 0 saturated carbocycles. The topological polar surface area (TPSA) is 126 Å². The second kappa shape index (κ2) is 9.64. The quantitative estimate of drug-likeness (QED) is 0.652. The molecule has 9 nitrogen and oxygen atoms in total. The number of hydrogen-bond donors (Lipinski definition) is 2. The second-order valence-corrected chi connectivity index (χ2v) is 10.1. The normalized spacial score (nSPS) is 21.3. The van der Waals surface area contributed by atoms with E-state index in [1.165, 1.54) is 48.3 Å². The number of rotatable bonds is 3. The van der Waals surface area contributed by atoms with Gasteiger partial charge in [-0.3, -0.25) is 10.1 Å². The summed E-state index contributed by atoms with van der Waals surface area (Å²) in [6, 6.07) is 9.02. The zero-order chi connectivity index (χ0) is 25.2. The molecule has 0 aliphatic carbocycles. The minimum Gasteiger partial charge on any atom is -0.444 e. The number of nitrogens with zero attached hydrogens (tertiary/aromatic N) is 3. The van der Waals surface area contributed by atoms with Crippen molar-refractivity contribution in [2.75, 3.05) is 17.7 Å². The number of amidine groups is 1. The van der Waals surface area contributed by atoms with Crippen LogP contribution in [0.5, 0.6) is 0 Å². The first kappa shape index (κ1) is 24.6. The molecule has 1 aromatic carbocycles. The van der Waals surface area contributed by atoms with E-state index in [1.807, 2.05) is 6.07 Å². The molecule has 1 aromatic heterocycles. The Morgan fingerprint density at radius 2 is 2.09 bits per heavy atom. The number of anilines is 1. The highest BCUT2D eigenvalue weighted by molar-refractivity contribution is 8.13. The van der Waals surface area contributed by atoms with Crippen LogP contribution in [-0.4, -0.2) is 40.1 Å². The Bertz CT molecular complexity index is 1220. The van der Waals surface area contributed by atoms with Crippen molar-refractivity contribution in [3.05, 3.63) is 59.2 Å². The van der Waals surface area contributed by atoms with Gasteiger partial charge in [0.15, 0.2) is 10.9 Å². The van der Waals surface area contributed by atoms with E-state index in [9.17, 15) is 9.59 Å². The largest absolute Gasteiger partial charge is 0.444 e. The van der Waals surface area contributed by atoms with Gasteiger partial charge in [0.1, 0.15) is 23.2 Å². The summed E-state index contributed by atoms with van der Waals surface area (Å²) in [7, 11) is 0. The van der Waals surface area contributed by atoms with E-state index < -0.39 is 29.1 Å². The Kier molecular flexibility index (Phi) is 6.78. The van der Waals surface area contributed by atoms with Gasteiger partial charge < -0.3 is 14.8 Å². The molecule has 0 radical (unpaired) electrons. The van der Waals surface area contributed by atoms with E-state index in [0.29, 0.717) is 30.0 Å². The molecule has 35 heavy (non-hydrogen) atoms. The third-order valence-corrected chi connectivity index (χ3v) is 6.41. The van der Waals surface area contributed by atoms with Crippen LogP contribution in [0.2, 0.25) is 0 Å². The molecule has 4 rings (SSSR count). The van der Waals surface area contributed by atoms with Crippen molar-refractivity contribution in [3.8, 4) is 6.07 Å². The zero-order valence-electron chi connectivity index (χ0n) is 19.4. The Labute approximate surface area is 206 Å². The highest BCUT2D eigenvalue weighted by Crippen LogP contribution is 2.48. The SMILES string of the molecule is CC(C)(C)OC(=O)NC1=N[C@@]2(c3cc(NC(=O)c4ccc(C#N)cn4)ccc3F)OCC[C@H]2CS1. The van der Waals surface area contributed by atoms with Crippen LogP contribution in [-0.2, 0) is 15.2 Å². The average Bonchev–Trinajstić information content (AvgIpc) is 3.23. The first-order valence-corrected chi connectivity index (χ1v) is 11.9. The fourth-order valence-corrected chi connectivity index (χ4v) is 4.94. The van der Waals surface area contributed by atoms with Crippen molar-refractivity contribution < 1.29 is 23.5 Å². The summed E-state index contributed by atoms with van der Waals surface area (Å²) >= 11 is 1.34. The molecule has 2 aromatic rings. The first-order valence-electron chi connectivity index (χ1n) is 10.9. The van der Waals surface area contributed by atoms with Crippen molar-refractivity contribution in [3.63, 3.8) is 0 Å².